The second-order valence-electron chi connectivity index (χ2n) is 4.77. The second-order valence-corrected chi connectivity index (χ2v) is 4.77. The second kappa shape index (κ2) is 5.52. The molecule has 0 amide bonds. The average Bonchev–Trinajstić information content (AvgIpc) is 2.35. The number of nitrogens with one attached hydrogen (secondary N) is 1. The minimum absolute atomic E-state index is 1.01. The van der Waals surface area contributed by atoms with Crippen LogP contribution in [0.3, 0.4) is 0 Å². The van der Waals surface area contributed by atoms with Gasteiger partial charge in [0.05, 0.1) is 7.11 Å². The maximum absolute atomic E-state index is 5.42. The van der Waals surface area contributed by atoms with Gasteiger partial charge in [-0.2, -0.15) is 0 Å². The van der Waals surface area contributed by atoms with Crippen LogP contribution in [0.5, 0.6) is 5.75 Å². The van der Waals surface area contributed by atoms with Crippen LogP contribution in [0.15, 0.2) is 12.1 Å². The van der Waals surface area contributed by atoms with E-state index in [4.69, 9.17) is 4.74 Å². The van der Waals surface area contributed by atoms with Gasteiger partial charge < -0.3 is 10.1 Å². The Kier molecular flexibility index (Phi) is 4.02. The Bertz CT molecular complexity index is 384. The first-order valence-corrected chi connectivity index (χ1v) is 6.28. The number of hydrogen-bond acceptors (Lipinski definition) is 3. The van der Waals surface area contributed by atoms with Crippen molar-refractivity contribution in [3.8, 4) is 5.75 Å². The molecule has 0 aromatic heterocycles. The molecule has 0 spiro atoms. The Hall–Kier alpha value is -1.06. The van der Waals surface area contributed by atoms with E-state index in [-0.39, 0.29) is 0 Å². The zero-order valence-corrected chi connectivity index (χ0v) is 11.0. The largest absolute Gasteiger partial charge is 0.496 e. The first-order valence-electron chi connectivity index (χ1n) is 6.28. The van der Waals surface area contributed by atoms with Gasteiger partial charge in [0.25, 0.3) is 0 Å². The van der Waals surface area contributed by atoms with Gasteiger partial charge in [-0.25, -0.2) is 0 Å². The Morgan fingerprint density at radius 2 is 1.94 bits per heavy atom. The molecule has 0 atom stereocenters. The number of rotatable bonds is 3. The van der Waals surface area contributed by atoms with E-state index in [9.17, 15) is 0 Å². The summed E-state index contributed by atoms with van der Waals surface area (Å²) in [5.74, 6) is 1.01. The Morgan fingerprint density at radius 1 is 1.24 bits per heavy atom. The highest BCUT2D eigenvalue weighted by atomic mass is 16.5. The predicted octanol–water partition coefficient (Wildman–Crippen LogP) is 1.72. The van der Waals surface area contributed by atoms with Gasteiger partial charge in [-0.3, -0.25) is 4.90 Å². The van der Waals surface area contributed by atoms with E-state index in [1.165, 1.54) is 16.7 Å². The van der Waals surface area contributed by atoms with E-state index in [2.05, 4.69) is 36.2 Å². The first kappa shape index (κ1) is 12.4. The van der Waals surface area contributed by atoms with Crippen molar-refractivity contribution in [1.29, 1.82) is 0 Å². The van der Waals surface area contributed by atoms with Gasteiger partial charge in [-0.05, 0) is 36.6 Å². The van der Waals surface area contributed by atoms with Gasteiger partial charge in [0, 0.05) is 32.7 Å². The maximum Gasteiger partial charge on any atom is 0.122 e. The van der Waals surface area contributed by atoms with Gasteiger partial charge in [0.15, 0.2) is 0 Å². The number of aryl methyl sites for hydroxylation is 1. The topological polar surface area (TPSA) is 24.5 Å². The molecule has 1 aromatic rings. The lowest BCUT2D eigenvalue weighted by Crippen LogP contribution is -2.42. The molecule has 1 aliphatic heterocycles. The standard InChI is InChI=1S/C14H22N2O/c1-11-8-13(9-14(17-3)12(11)2)10-16-6-4-15-5-7-16/h8-9,15H,4-7,10H2,1-3H3. The summed E-state index contributed by atoms with van der Waals surface area (Å²) in [7, 11) is 1.75. The van der Waals surface area contributed by atoms with E-state index >= 15 is 0 Å². The van der Waals surface area contributed by atoms with Crippen molar-refractivity contribution in [1.82, 2.24) is 10.2 Å². The van der Waals surface area contributed by atoms with Crippen LogP contribution in [0.4, 0.5) is 0 Å². The summed E-state index contributed by atoms with van der Waals surface area (Å²) in [6, 6.07) is 4.45. The molecule has 17 heavy (non-hydrogen) atoms. The van der Waals surface area contributed by atoms with Crippen LogP contribution in [0, 0.1) is 13.8 Å². The zero-order chi connectivity index (χ0) is 12.3. The molecule has 1 heterocycles. The summed E-state index contributed by atoms with van der Waals surface area (Å²) >= 11 is 0. The molecule has 0 saturated carbocycles. The molecule has 0 radical (unpaired) electrons. The van der Waals surface area contributed by atoms with Gasteiger partial charge >= 0.3 is 0 Å². The third kappa shape index (κ3) is 2.99. The molecule has 0 unspecified atom stereocenters. The summed E-state index contributed by atoms with van der Waals surface area (Å²) in [5, 5.41) is 3.38. The van der Waals surface area contributed by atoms with E-state index in [0.717, 1.165) is 38.5 Å². The lowest BCUT2D eigenvalue weighted by atomic mass is 10.0. The smallest absolute Gasteiger partial charge is 0.122 e. The summed E-state index contributed by atoms with van der Waals surface area (Å²) in [5.41, 5.74) is 3.91. The zero-order valence-electron chi connectivity index (χ0n) is 11.0. The summed E-state index contributed by atoms with van der Waals surface area (Å²) < 4.78 is 5.42. The van der Waals surface area contributed by atoms with Crippen molar-refractivity contribution in [3.05, 3.63) is 28.8 Å². The number of nitrogens with zero attached hydrogens (tertiary/aromatic N) is 1. The van der Waals surface area contributed by atoms with Crippen LogP contribution >= 0.6 is 0 Å². The molecule has 1 N–H and O–H groups in total. The van der Waals surface area contributed by atoms with Gasteiger partial charge in [0.2, 0.25) is 0 Å². The van der Waals surface area contributed by atoms with Crippen molar-refractivity contribution in [2.45, 2.75) is 20.4 Å². The Morgan fingerprint density at radius 3 is 2.59 bits per heavy atom. The first-order chi connectivity index (χ1) is 8.20. The fourth-order valence-corrected chi connectivity index (χ4v) is 2.33. The fourth-order valence-electron chi connectivity index (χ4n) is 2.33. The fraction of sp³-hybridized carbons (Fsp3) is 0.571. The van der Waals surface area contributed by atoms with E-state index < -0.39 is 0 Å². The third-order valence-corrected chi connectivity index (χ3v) is 3.52. The molecule has 0 aliphatic carbocycles. The normalized spacial score (nSPS) is 17.1. The number of benzene rings is 1. The van der Waals surface area contributed by atoms with Gasteiger partial charge in [0.1, 0.15) is 5.75 Å². The van der Waals surface area contributed by atoms with Crippen LogP contribution in [0.1, 0.15) is 16.7 Å². The molecule has 3 nitrogen and oxygen atoms in total. The Labute approximate surface area is 104 Å². The molecule has 0 bridgehead atoms. The number of piperazine rings is 1. The van der Waals surface area contributed by atoms with Crippen LogP contribution in [0.25, 0.3) is 0 Å². The van der Waals surface area contributed by atoms with Crippen molar-refractivity contribution >= 4 is 0 Å². The van der Waals surface area contributed by atoms with E-state index in [1.54, 1.807) is 7.11 Å². The lowest BCUT2D eigenvalue weighted by molar-refractivity contribution is 0.233. The van der Waals surface area contributed by atoms with Crippen molar-refractivity contribution in [3.63, 3.8) is 0 Å². The predicted molar refractivity (Wildman–Crippen MR) is 70.6 cm³/mol. The van der Waals surface area contributed by atoms with Crippen molar-refractivity contribution in [2.24, 2.45) is 0 Å². The minimum atomic E-state index is 1.01. The molecule has 1 aromatic carbocycles. The summed E-state index contributed by atoms with van der Waals surface area (Å²) in [4.78, 5) is 2.49. The van der Waals surface area contributed by atoms with Gasteiger partial charge in [-0.15, -0.1) is 0 Å². The van der Waals surface area contributed by atoms with Crippen LogP contribution < -0.4 is 10.1 Å². The Balaban J connectivity index is 2.12. The number of hydrogen-bond donors (Lipinski definition) is 1. The number of methoxy groups -OCH3 is 1. The highest BCUT2D eigenvalue weighted by Crippen LogP contribution is 2.24. The quantitative estimate of drug-likeness (QED) is 0.862. The SMILES string of the molecule is COc1cc(CN2CCNCC2)cc(C)c1C. The highest BCUT2D eigenvalue weighted by Gasteiger charge is 2.11. The molecule has 2 rings (SSSR count). The third-order valence-electron chi connectivity index (χ3n) is 3.52. The van der Waals surface area contributed by atoms with E-state index in [0.29, 0.717) is 0 Å². The maximum atomic E-state index is 5.42. The minimum Gasteiger partial charge on any atom is -0.496 e. The molecule has 94 valence electrons. The molecular weight excluding hydrogens is 212 g/mol. The summed E-state index contributed by atoms with van der Waals surface area (Å²) in [6.07, 6.45) is 0. The molecule has 1 saturated heterocycles. The number of ether oxygens (including phenoxy) is 1. The van der Waals surface area contributed by atoms with Gasteiger partial charge in [-0.1, -0.05) is 6.07 Å². The van der Waals surface area contributed by atoms with Crippen LogP contribution in [-0.4, -0.2) is 38.2 Å². The molecule has 3 heteroatoms. The average molecular weight is 234 g/mol. The monoisotopic (exact) mass is 234 g/mol. The lowest BCUT2D eigenvalue weighted by Gasteiger charge is -2.27. The highest BCUT2D eigenvalue weighted by molar-refractivity contribution is 5.42. The van der Waals surface area contributed by atoms with Crippen molar-refractivity contribution in [2.75, 3.05) is 33.3 Å². The van der Waals surface area contributed by atoms with Crippen LogP contribution in [0.2, 0.25) is 0 Å². The molecule has 1 fully saturated rings. The molecule has 1 aliphatic rings. The van der Waals surface area contributed by atoms with E-state index in [1.807, 2.05) is 0 Å². The molecular formula is C14H22N2O. The van der Waals surface area contributed by atoms with Crippen molar-refractivity contribution < 1.29 is 4.74 Å². The van der Waals surface area contributed by atoms with Crippen LogP contribution in [-0.2, 0) is 6.54 Å². The summed E-state index contributed by atoms with van der Waals surface area (Å²) in [6.45, 7) is 9.76.